The molecular weight excluding hydrogens is 300 g/mol. The van der Waals surface area contributed by atoms with Gasteiger partial charge in [-0.05, 0) is 50.1 Å². The molecule has 1 amide bonds. The van der Waals surface area contributed by atoms with E-state index in [9.17, 15) is 4.79 Å². The minimum absolute atomic E-state index is 0.00385. The standard InChI is InChI=1S/C20H26N2O2/c1-4-16(3)21-13-17-6-5-7-19(12-17)24-14-20(23)22-18-10-8-15(2)9-11-18/h5-12,16,21H,4,13-14H2,1-3H3,(H,22,23)/t16-/m1/s1. The molecule has 0 saturated heterocycles. The number of hydrogen-bond acceptors (Lipinski definition) is 3. The van der Waals surface area contributed by atoms with E-state index in [0.29, 0.717) is 11.8 Å². The third-order valence-corrected chi connectivity index (χ3v) is 3.87. The average molecular weight is 326 g/mol. The lowest BCUT2D eigenvalue weighted by Gasteiger charge is -2.12. The molecule has 0 bridgehead atoms. The number of amides is 1. The van der Waals surface area contributed by atoms with Crippen molar-refractivity contribution in [1.29, 1.82) is 0 Å². The molecule has 0 unspecified atom stereocenters. The van der Waals surface area contributed by atoms with Gasteiger partial charge in [0.1, 0.15) is 5.75 Å². The number of rotatable bonds is 8. The normalized spacial score (nSPS) is 11.8. The van der Waals surface area contributed by atoms with Gasteiger partial charge >= 0.3 is 0 Å². The molecule has 2 N–H and O–H groups in total. The van der Waals surface area contributed by atoms with Gasteiger partial charge in [0.05, 0.1) is 0 Å². The molecule has 0 aliphatic heterocycles. The summed E-state index contributed by atoms with van der Waals surface area (Å²) in [5.74, 6) is 0.541. The second-order valence-electron chi connectivity index (χ2n) is 6.04. The van der Waals surface area contributed by atoms with Gasteiger partial charge in [-0.1, -0.05) is 36.8 Å². The minimum atomic E-state index is -0.165. The summed E-state index contributed by atoms with van der Waals surface area (Å²) in [6.45, 7) is 7.12. The Kier molecular flexibility index (Phi) is 6.82. The first kappa shape index (κ1) is 18.0. The van der Waals surface area contributed by atoms with Gasteiger partial charge in [-0.3, -0.25) is 4.79 Å². The Balaban J connectivity index is 1.82. The van der Waals surface area contributed by atoms with Crippen LogP contribution in [0.4, 0.5) is 5.69 Å². The number of carbonyl (C=O) groups is 1. The fraction of sp³-hybridized carbons (Fsp3) is 0.350. The molecule has 128 valence electrons. The Morgan fingerprint density at radius 1 is 1.17 bits per heavy atom. The van der Waals surface area contributed by atoms with Crippen LogP contribution in [0.15, 0.2) is 48.5 Å². The molecule has 0 saturated carbocycles. The summed E-state index contributed by atoms with van der Waals surface area (Å²) >= 11 is 0. The highest BCUT2D eigenvalue weighted by Crippen LogP contribution is 2.14. The number of anilines is 1. The smallest absolute Gasteiger partial charge is 0.262 e. The predicted octanol–water partition coefficient (Wildman–Crippen LogP) is 3.90. The van der Waals surface area contributed by atoms with Crippen LogP contribution < -0.4 is 15.4 Å². The Bertz CT molecular complexity index is 653. The van der Waals surface area contributed by atoms with Gasteiger partial charge in [-0.2, -0.15) is 0 Å². The molecule has 0 fully saturated rings. The van der Waals surface area contributed by atoms with Crippen LogP contribution in [0.25, 0.3) is 0 Å². The summed E-state index contributed by atoms with van der Waals surface area (Å²) < 4.78 is 5.60. The van der Waals surface area contributed by atoms with Crippen LogP contribution in [0.3, 0.4) is 0 Å². The summed E-state index contributed by atoms with van der Waals surface area (Å²) in [4.78, 5) is 12.0. The summed E-state index contributed by atoms with van der Waals surface area (Å²) in [6.07, 6.45) is 1.09. The minimum Gasteiger partial charge on any atom is -0.484 e. The van der Waals surface area contributed by atoms with Gasteiger partial charge < -0.3 is 15.4 Å². The van der Waals surface area contributed by atoms with Crippen molar-refractivity contribution in [2.75, 3.05) is 11.9 Å². The lowest BCUT2D eigenvalue weighted by atomic mass is 10.2. The zero-order chi connectivity index (χ0) is 17.4. The first-order chi connectivity index (χ1) is 11.6. The van der Waals surface area contributed by atoms with Crippen LogP contribution in [0, 0.1) is 6.92 Å². The van der Waals surface area contributed by atoms with E-state index in [2.05, 4.69) is 30.5 Å². The maximum absolute atomic E-state index is 12.0. The Hall–Kier alpha value is -2.33. The van der Waals surface area contributed by atoms with E-state index in [1.54, 1.807) is 0 Å². The molecule has 1 atom stereocenters. The zero-order valence-corrected chi connectivity index (χ0v) is 14.6. The van der Waals surface area contributed by atoms with Gasteiger partial charge in [0.15, 0.2) is 6.61 Å². The highest BCUT2D eigenvalue weighted by atomic mass is 16.5. The molecule has 0 radical (unpaired) electrons. The first-order valence-electron chi connectivity index (χ1n) is 8.38. The van der Waals surface area contributed by atoms with Crippen LogP contribution in [-0.4, -0.2) is 18.6 Å². The fourth-order valence-corrected chi connectivity index (χ4v) is 2.16. The Labute approximate surface area is 144 Å². The highest BCUT2D eigenvalue weighted by molar-refractivity contribution is 5.91. The molecule has 0 aromatic heterocycles. The van der Waals surface area contributed by atoms with Gasteiger partial charge in [-0.15, -0.1) is 0 Å². The number of benzene rings is 2. The maximum Gasteiger partial charge on any atom is 0.262 e. The van der Waals surface area contributed by atoms with Crippen molar-refractivity contribution in [3.8, 4) is 5.75 Å². The largest absolute Gasteiger partial charge is 0.484 e. The fourth-order valence-electron chi connectivity index (χ4n) is 2.16. The van der Waals surface area contributed by atoms with Gasteiger partial charge in [0, 0.05) is 18.3 Å². The summed E-state index contributed by atoms with van der Waals surface area (Å²) in [5.41, 5.74) is 3.08. The van der Waals surface area contributed by atoms with E-state index >= 15 is 0 Å². The molecule has 2 aromatic rings. The SMILES string of the molecule is CC[C@@H](C)NCc1cccc(OCC(=O)Nc2ccc(C)cc2)c1. The maximum atomic E-state index is 12.0. The molecule has 0 spiro atoms. The second-order valence-corrected chi connectivity index (χ2v) is 6.04. The molecule has 0 heterocycles. The second kappa shape index (κ2) is 9.08. The summed E-state index contributed by atoms with van der Waals surface area (Å²) in [6, 6.07) is 16.0. The third kappa shape index (κ3) is 6.05. The van der Waals surface area contributed by atoms with Crippen molar-refractivity contribution in [1.82, 2.24) is 5.32 Å². The number of nitrogens with one attached hydrogen (secondary N) is 2. The Morgan fingerprint density at radius 2 is 1.92 bits per heavy atom. The van der Waals surface area contributed by atoms with Gasteiger partial charge in [0.25, 0.3) is 5.91 Å². The van der Waals surface area contributed by atoms with E-state index in [1.165, 1.54) is 0 Å². The van der Waals surface area contributed by atoms with E-state index in [4.69, 9.17) is 4.74 Å². The van der Waals surface area contributed by atoms with Crippen LogP contribution in [0.1, 0.15) is 31.4 Å². The van der Waals surface area contributed by atoms with Gasteiger partial charge in [0.2, 0.25) is 0 Å². The summed E-state index contributed by atoms with van der Waals surface area (Å²) in [7, 11) is 0. The number of aryl methyl sites for hydroxylation is 1. The molecule has 2 aromatic carbocycles. The number of ether oxygens (including phenoxy) is 1. The topological polar surface area (TPSA) is 50.4 Å². The van der Waals surface area contributed by atoms with Crippen LogP contribution in [0.5, 0.6) is 5.75 Å². The van der Waals surface area contributed by atoms with E-state index in [1.807, 2.05) is 49.4 Å². The van der Waals surface area contributed by atoms with Crippen molar-refractivity contribution < 1.29 is 9.53 Å². The van der Waals surface area contributed by atoms with Crippen molar-refractivity contribution >= 4 is 11.6 Å². The van der Waals surface area contributed by atoms with Crippen LogP contribution in [-0.2, 0) is 11.3 Å². The molecule has 0 aliphatic carbocycles. The molecular formula is C20H26N2O2. The molecule has 4 nitrogen and oxygen atoms in total. The van der Waals surface area contributed by atoms with Crippen molar-refractivity contribution in [3.05, 3.63) is 59.7 Å². The monoisotopic (exact) mass is 326 g/mol. The lowest BCUT2D eigenvalue weighted by molar-refractivity contribution is -0.118. The molecule has 4 heteroatoms. The average Bonchev–Trinajstić information content (AvgIpc) is 2.60. The highest BCUT2D eigenvalue weighted by Gasteiger charge is 2.05. The van der Waals surface area contributed by atoms with E-state index in [0.717, 1.165) is 29.8 Å². The summed E-state index contributed by atoms with van der Waals surface area (Å²) in [5, 5.41) is 6.27. The number of hydrogen-bond donors (Lipinski definition) is 2. The van der Waals surface area contributed by atoms with Crippen molar-refractivity contribution in [2.45, 2.75) is 39.8 Å². The molecule has 24 heavy (non-hydrogen) atoms. The Morgan fingerprint density at radius 3 is 2.62 bits per heavy atom. The molecule has 0 aliphatic rings. The zero-order valence-electron chi connectivity index (χ0n) is 14.6. The molecule has 2 rings (SSSR count). The van der Waals surface area contributed by atoms with E-state index < -0.39 is 0 Å². The third-order valence-electron chi connectivity index (χ3n) is 3.87. The predicted molar refractivity (Wildman–Crippen MR) is 98.3 cm³/mol. The lowest BCUT2D eigenvalue weighted by Crippen LogP contribution is -2.24. The van der Waals surface area contributed by atoms with Crippen molar-refractivity contribution in [3.63, 3.8) is 0 Å². The number of carbonyl (C=O) groups excluding carboxylic acids is 1. The quantitative estimate of drug-likeness (QED) is 0.773. The first-order valence-corrected chi connectivity index (χ1v) is 8.38. The van der Waals surface area contributed by atoms with Crippen LogP contribution in [0.2, 0.25) is 0 Å². The van der Waals surface area contributed by atoms with Crippen LogP contribution >= 0.6 is 0 Å². The van der Waals surface area contributed by atoms with Crippen molar-refractivity contribution in [2.24, 2.45) is 0 Å². The van der Waals surface area contributed by atoms with Gasteiger partial charge in [-0.25, -0.2) is 0 Å². The van der Waals surface area contributed by atoms with E-state index in [-0.39, 0.29) is 12.5 Å².